The molecule has 0 saturated carbocycles. The van der Waals surface area contributed by atoms with Gasteiger partial charge >= 0.3 is 5.97 Å². The molecule has 21 heavy (non-hydrogen) atoms. The van der Waals surface area contributed by atoms with Crippen molar-refractivity contribution in [3.05, 3.63) is 22.7 Å². The summed E-state index contributed by atoms with van der Waals surface area (Å²) in [6, 6.07) is 1.03. The Bertz CT molecular complexity index is 623. The van der Waals surface area contributed by atoms with E-state index in [1.807, 2.05) is 13.8 Å². The Kier molecular flexibility index (Phi) is 4.63. The van der Waals surface area contributed by atoms with E-state index in [2.05, 4.69) is 20.8 Å². The number of aromatic nitrogens is 4. The summed E-state index contributed by atoms with van der Waals surface area (Å²) in [5.74, 6) is -0.920. The molecule has 0 aliphatic heterocycles. The summed E-state index contributed by atoms with van der Waals surface area (Å²) in [4.78, 5) is 24.5. The van der Waals surface area contributed by atoms with Gasteiger partial charge < -0.3 is 10.1 Å². The third kappa shape index (κ3) is 3.24. The van der Waals surface area contributed by atoms with Crippen LogP contribution in [0.2, 0.25) is 0 Å². The maximum atomic E-state index is 12.4. The van der Waals surface area contributed by atoms with Crippen LogP contribution >= 0.6 is 11.3 Å². The summed E-state index contributed by atoms with van der Waals surface area (Å²) in [5, 5.41) is 15.3. The van der Waals surface area contributed by atoms with Crippen LogP contribution in [-0.4, -0.2) is 45.2 Å². The van der Waals surface area contributed by atoms with E-state index in [4.69, 9.17) is 4.74 Å². The average molecular weight is 309 g/mol. The SMILES string of the molecule is COC(=O)C(NC(=O)c1sccc1-n1cnnn1)C(C)C. The Morgan fingerprint density at radius 1 is 1.43 bits per heavy atom. The van der Waals surface area contributed by atoms with Crippen LogP contribution in [0.15, 0.2) is 17.8 Å². The van der Waals surface area contributed by atoms with Crippen LogP contribution in [-0.2, 0) is 9.53 Å². The van der Waals surface area contributed by atoms with Crippen LogP contribution in [0.1, 0.15) is 23.5 Å². The minimum absolute atomic E-state index is 0.0853. The highest BCUT2D eigenvalue weighted by Crippen LogP contribution is 2.20. The van der Waals surface area contributed by atoms with Crippen LogP contribution in [0, 0.1) is 5.92 Å². The molecule has 0 radical (unpaired) electrons. The molecule has 0 aromatic carbocycles. The molecule has 0 aliphatic rings. The van der Waals surface area contributed by atoms with Crippen molar-refractivity contribution in [3.63, 3.8) is 0 Å². The zero-order valence-electron chi connectivity index (χ0n) is 11.8. The number of ether oxygens (including phenoxy) is 1. The van der Waals surface area contributed by atoms with Gasteiger partial charge in [0.05, 0.1) is 12.8 Å². The fourth-order valence-electron chi connectivity index (χ4n) is 1.76. The second kappa shape index (κ2) is 6.44. The van der Waals surface area contributed by atoms with Gasteiger partial charge in [-0.25, -0.2) is 4.79 Å². The lowest BCUT2D eigenvalue weighted by Gasteiger charge is -2.19. The Labute approximate surface area is 125 Å². The first-order valence-electron chi connectivity index (χ1n) is 6.24. The van der Waals surface area contributed by atoms with Crippen molar-refractivity contribution in [1.82, 2.24) is 25.5 Å². The van der Waals surface area contributed by atoms with E-state index in [-0.39, 0.29) is 11.8 Å². The average Bonchev–Trinajstić information content (AvgIpc) is 3.12. The molecule has 1 N–H and O–H groups in total. The first-order chi connectivity index (χ1) is 10.0. The van der Waals surface area contributed by atoms with Gasteiger partial charge in [-0.2, -0.15) is 4.68 Å². The Hall–Kier alpha value is -2.29. The van der Waals surface area contributed by atoms with E-state index in [9.17, 15) is 9.59 Å². The summed E-state index contributed by atoms with van der Waals surface area (Å²) in [5.41, 5.74) is 0.565. The largest absolute Gasteiger partial charge is 0.467 e. The third-order valence-corrected chi connectivity index (χ3v) is 3.76. The molecule has 8 nitrogen and oxygen atoms in total. The maximum Gasteiger partial charge on any atom is 0.328 e. The number of carbonyl (C=O) groups excluding carboxylic acids is 2. The normalized spacial score (nSPS) is 12.2. The number of carbonyl (C=O) groups is 2. The second-order valence-corrected chi connectivity index (χ2v) is 5.52. The first kappa shape index (κ1) is 15.1. The van der Waals surface area contributed by atoms with E-state index in [1.165, 1.54) is 29.5 Å². The molecular weight excluding hydrogens is 294 g/mol. The number of hydrogen-bond acceptors (Lipinski definition) is 7. The van der Waals surface area contributed by atoms with Crippen molar-refractivity contribution in [2.45, 2.75) is 19.9 Å². The number of esters is 1. The van der Waals surface area contributed by atoms with Gasteiger partial charge in [0.25, 0.3) is 5.91 Å². The Morgan fingerprint density at radius 2 is 2.19 bits per heavy atom. The second-order valence-electron chi connectivity index (χ2n) is 4.61. The zero-order chi connectivity index (χ0) is 15.4. The van der Waals surface area contributed by atoms with Crippen molar-refractivity contribution < 1.29 is 14.3 Å². The van der Waals surface area contributed by atoms with Gasteiger partial charge in [-0.1, -0.05) is 13.8 Å². The molecule has 2 aromatic rings. The monoisotopic (exact) mass is 309 g/mol. The maximum absolute atomic E-state index is 12.4. The summed E-state index contributed by atoms with van der Waals surface area (Å²) < 4.78 is 6.10. The van der Waals surface area contributed by atoms with Crippen LogP contribution in [0.25, 0.3) is 5.69 Å². The Morgan fingerprint density at radius 3 is 2.76 bits per heavy atom. The standard InChI is InChI=1S/C12H15N5O3S/c1-7(2)9(12(19)20-3)14-11(18)10-8(4-5-21-10)17-6-13-15-16-17/h4-7,9H,1-3H3,(H,14,18). The molecule has 9 heteroatoms. The number of nitrogens with one attached hydrogen (secondary N) is 1. The van der Waals surface area contributed by atoms with Gasteiger partial charge in [-0.3, -0.25) is 4.79 Å². The number of tetrazole rings is 1. The predicted molar refractivity (Wildman–Crippen MR) is 75.1 cm³/mol. The highest BCUT2D eigenvalue weighted by molar-refractivity contribution is 7.12. The van der Waals surface area contributed by atoms with Crippen LogP contribution in [0.3, 0.4) is 0 Å². The molecule has 1 amide bonds. The lowest BCUT2D eigenvalue weighted by Crippen LogP contribution is -2.45. The molecule has 112 valence electrons. The van der Waals surface area contributed by atoms with E-state index in [0.29, 0.717) is 10.6 Å². The fraction of sp³-hybridized carbons (Fsp3) is 0.417. The van der Waals surface area contributed by atoms with Gasteiger partial charge in [-0.05, 0) is 27.8 Å². The molecule has 2 aromatic heterocycles. The van der Waals surface area contributed by atoms with E-state index in [1.54, 1.807) is 11.4 Å². The number of rotatable bonds is 5. The van der Waals surface area contributed by atoms with E-state index in [0.717, 1.165) is 0 Å². The predicted octanol–water partition coefficient (Wildman–Crippen LogP) is 0.651. The summed E-state index contributed by atoms with van der Waals surface area (Å²) in [6.07, 6.45) is 1.40. The van der Waals surface area contributed by atoms with Gasteiger partial charge in [0.1, 0.15) is 17.2 Å². The lowest BCUT2D eigenvalue weighted by atomic mass is 10.0. The van der Waals surface area contributed by atoms with Crippen LogP contribution in [0.4, 0.5) is 0 Å². The van der Waals surface area contributed by atoms with Crippen molar-refractivity contribution in [2.75, 3.05) is 7.11 Å². The molecule has 0 bridgehead atoms. The number of methoxy groups -OCH3 is 1. The lowest BCUT2D eigenvalue weighted by molar-refractivity contribution is -0.144. The molecule has 1 atom stereocenters. The molecule has 0 saturated heterocycles. The van der Waals surface area contributed by atoms with Gasteiger partial charge in [0, 0.05) is 0 Å². The molecular formula is C12H15N5O3S. The molecule has 0 aliphatic carbocycles. The van der Waals surface area contributed by atoms with Crippen molar-refractivity contribution in [3.8, 4) is 5.69 Å². The third-order valence-electron chi connectivity index (χ3n) is 2.85. The summed E-state index contributed by atoms with van der Waals surface area (Å²) in [6.45, 7) is 3.66. The quantitative estimate of drug-likeness (QED) is 0.814. The van der Waals surface area contributed by atoms with Gasteiger partial charge in [0.2, 0.25) is 0 Å². The number of nitrogens with zero attached hydrogens (tertiary/aromatic N) is 4. The highest BCUT2D eigenvalue weighted by atomic mass is 32.1. The molecule has 2 rings (SSSR count). The molecule has 1 unspecified atom stereocenters. The van der Waals surface area contributed by atoms with Gasteiger partial charge in [0.15, 0.2) is 0 Å². The van der Waals surface area contributed by atoms with Crippen LogP contribution < -0.4 is 5.32 Å². The topological polar surface area (TPSA) is 99.0 Å². The fourth-order valence-corrected chi connectivity index (χ4v) is 2.54. The smallest absolute Gasteiger partial charge is 0.328 e. The summed E-state index contributed by atoms with van der Waals surface area (Å²) >= 11 is 1.25. The summed E-state index contributed by atoms with van der Waals surface area (Å²) in [7, 11) is 1.29. The number of amides is 1. The zero-order valence-corrected chi connectivity index (χ0v) is 12.6. The van der Waals surface area contributed by atoms with Gasteiger partial charge in [-0.15, -0.1) is 16.4 Å². The van der Waals surface area contributed by atoms with Crippen molar-refractivity contribution in [2.24, 2.45) is 5.92 Å². The molecule has 2 heterocycles. The van der Waals surface area contributed by atoms with E-state index < -0.39 is 12.0 Å². The van der Waals surface area contributed by atoms with Crippen molar-refractivity contribution >= 4 is 23.2 Å². The number of thiophene rings is 1. The van der Waals surface area contributed by atoms with Crippen molar-refractivity contribution in [1.29, 1.82) is 0 Å². The first-order valence-corrected chi connectivity index (χ1v) is 7.12. The minimum Gasteiger partial charge on any atom is -0.467 e. The van der Waals surface area contributed by atoms with Crippen LogP contribution in [0.5, 0.6) is 0 Å². The Balaban J connectivity index is 2.21. The minimum atomic E-state index is -0.702. The molecule has 0 spiro atoms. The molecule has 0 fully saturated rings. The highest BCUT2D eigenvalue weighted by Gasteiger charge is 2.27. The number of hydrogen-bond donors (Lipinski definition) is 1. The van der Waals surface area contributed by atoms with E-state index >= 15 is 0 Å².